The fourth-order valence-corrected chi connectivity index (χ4v) is 3.12. The van der Waals surface area contributed by atoms with Crippen molar-refractivity contribution in [1.82, 2.24) is 0 Å². The molecule has 1 saturated heterocycles. The molecule has 2 aromatic carbocycles. The molecule has 0 saturated carbocycles. The highest BCUT2D eigenvalue weighted by Crippen LogP contribution is 2.27. The smallest absolute Gasteiger partial charge is 0.272 e. The summed E-state index contributed by atoms with van der Waals surface area (Å²) in [7, 11) is 1.45. The number of nitro groups is 1. The minimum absolute atomic E-state index is 0.135. The zero-order valence-corrected chi connectivity index (χ0v) is 14.2. The van der Waals surface area contributed by atoms with Crippen LogP contribution in [0.2, 0.25) is 0 Å². The Kier molecular flexibility index (Phi) is 4.74. The highest BCUT2D eigenvalue weighted by atomic mass is 19.1. The van der Waals surface area contributed by atoms with E-state index >= 15 is 0 Å². The summed E-state index contributed by atoms with van der Waals surface area (Å²) in [6.07, 6.45) is 0. The van der Waals surface area contributed by atoms with Crippen LogP contribution in [0.1, 0.15) is 5.56 Å². The summed E-state index contributed by atoms with van der Waals surface area (Å²) in [5.74, 6) is -0.128. The fraction of sp³-hybridized carbons (Fsp3) is 0.333. The molecule has 7 heteroatoms. The van der Waals surface area contributed by atoms with Gasteiger partial charge in [0.1, 0.15) is 0 Å². The molecule has 0 spiro atoms. The summed E-state index contributed by atoms with van der Waals surface area (Å²) in [4.78, 5) is 14.9. The molecule has 0 aromatic heterocycles. The first-order valence-corrected chi connectivity index (χ1v) is 8.08. The lowest BCUT2D eigenvalue weighted by molar-refractivity contribution is -0.385. The third-order valence-corrected chi connectivity index (χ3v) is 4.52. The van der Waals surface area contributed by atoms with Gasteiger partial charge in [0, 0.05) is 55.2 Å². The summed E-state index contributed by atoms with van der Waals surface area (Å²) in [5, 5.41) is 10.9. The normalized spacial score (nSPS) is 14.5. The second kappa shape index (κ2) is 6.96. The Morgan fingerprint density at radius 3 is 2.08 bits per heavy atom. The van der Waals surface area contributed by atoms with Crippen molar-refractivity contribution in [2.24, 2.45) is 0 Å². The van der Waals surface area contributed by atoms with Crippen molar-refractivity contribution in [2.45, 2.75) is 6.92 Å². The topological polar surface area (TPSA) is 58.8 Å². The predicted octanol–water partition coefficient (Wildman–Crippen LogP) is 3.38. The number of benzene rings is 2. The zero-order valence-electron chi connectivity index (χ0n) is 14.2. The first kappa shape index (κ1) is 17.0. The Morgan fingerprint density at radius 1 is 1.04 bits per heavy atom. The number of nitrogens with zero attached hydrogens (tertiary/aromatic N) is 3. The van der Waals surface area contributed by atoms with Crippen molar-refractivity contribution >= 4 is 17.1 Å². The molecule has 0 amide bonds. The second-order valence-corrected chi connectivity index (χ2v) is 6.02. The lowest BCUT2D eigenvalue weighted by Crippen LogP contribution is -2.46. The maximum atomic E-state index is 13.9. The summed E-state index contributed by atoms with van der Waals surface area (Å²) >= 11 is 0. The van der Waals surface area contributed by atoms with E-state index in [1.807, 2.05) is 12.1 Å². The molecule has 0 N–H and O–H groups in total. The van der Waals surface area contributed by atoms with E-state index in [4.69, 9.17) is 4.74 Å². The minimum atomic E-state index is -0.367. The Balaban J connectivity index is 1.68. The van der Waals surface area contributed by atoms with Gasteiger partial charge in [-0.2, -0.15) is 0 Å². The van der Waals surface area contributed by atoms with Gasteiger partial charge in [-0.3, -0.25) is 10.1 Å². The quantitative estimate of drug-likeness (QED) is 0.628. The van der Waals surface area contributed by atoms with E-state index in [-0.39, 0.29) is 22.2 Å². The van der Waals surface area contributed by atoms with E-state index < -0.39 is 0 Å². The fourth-order valence-electron chi connectivity index (χ4n) is 3.12. The van der Waals surface area contributed by atoms with E-state index in [0.29, 0.717) is 5.56 Å². The highest BCUT2D eigenvalue weighted by molar-refractivity contribution is 5.57. The third kappa shape index (κ3) is 3.50. The Labute approximate surface area is 145 Å². The lowest BCUT2D eigenvalue weighted by Gasteiger charge is -2.37. The first-order chi connectivity index (χ1) is 12.0. The van der Waals surface area contributed by atoms with Gasteiger partial charge in [-0.15, -0.1) is 0 Å². The number of methoxy groups -OCH3 is 1. The molecule has 0 atom stereocenters. The monoisotopic (exact) mass is 345 g/mol. The van der Waals surface area contributed by atoms with Gasteiger partial charge >= 0.3 is 0 Å². The Hall–Kier alpha value is -2.83. The number of halogens is 1. The van der Waals surface area contributed by atoms with Gasteiger partial charge in [-0.25, -0.2) is 4.39 Å². The summed E-state index contributed by atoms with van der Waals surface area (Å²) < 4.78 is 18.8. The number of piperazine rings is 1. The predicted molar refractivity (Wildman–Crippen MR) is 95.2 cm³/mol. The number of anilines is 2. The second-order valence-electron chi connectivity index (χ2n) is 6.02. The molecule has 6 nitrogen and oxygen atoms in total. The van der Waals surface area contributed by atoms with Crippen LogP contribution < -0.4 is 14.5 Å². The van der Waals surface area contributed by atoms with Gasteiger partial charge in [0.2, 0.25) is 0 Å². The molecule has 0 bridgehead atoms. The van der Waals surface area contributed by atoms with Gasteiger partial charge in [-0.1, -0.05) is 0 Å². The number of nitro benzene ring substituents is 1. The maximum Gasteiger partial charge on any atom is 0.272 e. The summed E-state index contributed by atoms with van der Waals surface area (Å²) in [6, 6.07) is 10.2. The van der Waals surface area contributed by atoms with Crippen molar-refractivity contribution in [3.8, 4) is 5.75 Å². The standard InChI is InChI=1S/C18H20FN3O3/c1-13-11-14(3-5-17(13)22(23)24)20-7-9-21(10-8-20)15-4-6-18(25-2)16(19)12-15/h3-6,11-12H,7-10H2,1-2H3. The number of hydrogen-bond acceptors (Lipinski definition) is 5. The van der Waals surface area contributed by atoms with Crippen LogP contribution in [-0.2, 0) is 0 Å². The van der Waals surface area contributed by atoms with Crippen molar-refractivity contribution in [2.75, 3.05) is 43.1 Å². The molecule has 1 heterocycles. The average molecular weight is 345 g/mol. The summed E-state index contributed by atoms with van der Waals surface area (Å²) in [6.45, 7) is 4.79. The molecule has 132 valence electrons. The molecule has 1 aliphatic rings. The van der Waals surface area contributed by atoms with Crippen LogP contribution in [0.15, 0.2) is 36.4 Å². The third-order valence-electron chi connectivity index (χ3n) is 4.52. The molecule has 25 heavy (non-hydrogen) atoms. The van der Waals surface area contributed by atoms with E-state index in [2.05, 4.69) is 9.80 Å². The number of hydrogen-bond donors (Lipinski definition) is 0. The molecule has 0 radical (unpaired) electrons. The van der Waals surface area contributed by atoms with Crippen LogP contribution in [0.3, 0.4) is 0 Å². The molecular weight excluding hydrogens is 325 g/mol. The molecule has 3 rings (SSSR count). The molecule has 2 aromatic rings. The van der Waals surface area contributed by atoms with Crippen LogP contribution in [0, 0.1) is 22.9 Å². The zero-order chi connectivity index (χ0) is 18.0. The van der Waals surface area contributed by atoms with E-state index in [9.17, 15) is 14.5 Å². The Bertz CT molecular complexity index is 789. The highest BCUT2D eigenvalue weighted by Gasteiger charge is 2.20. The van der Waals surface area contributed by atoms with Crippen LogP contribution in [0.5, 0.6) is 5.75 Å². The molecular formula is C18H20FN3O3. The van der Waals surface area contributed by atoms with Gasteiger partial charge in [0.15, 0.2) is 11.6 Å². The minimum Gasteiger partial charge on any atom is -0.494 e. The van der Waals surface area contributed by atoms with Crippen molar-refractivity contribution < 1.29 is 14.1 Å². The van der Waals surface area contributed by atoms with Crippen molar-refractivity contribution in [1.29, 1.82) is 0 Å². The van der Waals surface area contributed by atoms with E-state index in [1.165, 1.54) is 13.2 Å². The largest absolute Gasteiger partial charge is 0.494 e. The van der Waals surface area contributed by atoms with E-state index in [0.717, 1.165) is 37.6 Å². The van der Waals surface area contributed by atoms with Crippen LogP contribution in [-0.4, -0.2) is 38.2 Å². The van der Waals surface area contributed by atoms with E-state index in [1.54, 1.807) is 25.1 Å². The SMILES string of the molecule is COc1ccc(N2CCN(c3ccc([N+](=O)[O-])c(C)c3)CC2)cc1F. The van der Waals surface area contributed by atoms with Crippen LogP contribution in [0.4, 0.5) is 21.5 Å². The molecule has 0 aliphatic carbocycles. The number of rotatable bonds is 4. The summed E-state index contributed by atoms with van der Waals surface area (Å²) in [5.41, 5.74) is 2.60. The van der Waals surface area contributed by atoms with Gasteiger partial charge in [-0.05, 0) is 31.2 Å². The number of aryl methyl sites for hydroxylation is 1. The van der Waals surface area contributed by atoms with Gasteiger partial charge < -0.3 is 14.5 Å². The first-order valence-electron chi connectivity index (χ1n) is 8.08. The molecule has 1 aliphatic heterocycles. The van der Waals surface area contributed by atoms with Crippen molar-refractivity contribution in [3.05, 3.63) is 57.9 Å². The van der Waals surface area contributed by atoms with Crippen LogP contribution in [0.25, 0.3) is 0 Å². The van der Waals surface area contributed by atoms with Gasteiger partial charge in [0.05, 0.1) is 12.0 Å². The molecule has 0 unspecified atom stereocenters. The maximum absolute atomic E-state index is 13.9. The average Bonchev–Trinajstić information content (AvgIpc) is 2.61. The van der Waals surface area contributed by atoms with Crippen molar-refractivity contribution in [3.63, 3.8) is 0 Å². The lowest BCUT2D eigenvalue weighted by atomic mass is 10.1. The Morgan fingerprint density at radius 2 is 1.60 bits per heavy atom. The van der Waals surface area contributed by atoms with Gasteiger partial charge in [0.25, 0.3) is 5.69 Å². The number of ether oxygens (including phenoxy) is 1. The van der Waals surface area contributed by atoms with Crippen LogP contribution >= 0.6 is 0 Å². The molecule has 1 fully saturated rings.